The number of ketones is 1. The molecular weight excluding hydrogens is 258 g/mol. The highest BCUT2D eigenvalue weighted by Crippen LogP contribution is 2.33. The average molecular weight is 263 g/mol. The predicted molar refractivity (Wildman–Crippen MR) is 48.8 cm³/mol. The number of carbonyl (C=O) groups excluding carboxylic acids is 1. The number of halogens is 3. The van der Waals surface area contributed by atoms with Crippen molar-refractivity contribution < 1.29 is 18.3 Å². The summed E-state index contributed by atoms with van der Waals surface area (Å²) in [6, 6.07) is 2.70. The second-order valence-electron chi connectivity index (χ2n) is 2.88. The zero-order valence-electron chi connectivity index (χ0n) is 6.89. The molecule has 2 nitrogen and oxygen atoms in total. The van der Waals surface area contributed by atoms with Crippen molar-refractivity contribution in [3.63, 3.8) is 0 Å². The van der Waals surface area contributed by atoms with E-state index in [0.29, 0.717) is 0 Å². The first kappa shape index (κ1) is 9.58. The largest absolute Gasteiger partial charge is 0.486 e. The van der Waals surface area contributed by atoms with Gasteiger partial charge in [0, 0.05) is 0 Å². The van der Waals surface area contributed by atoms with Crippen molar-refractivity contribution in [1.29, 1.82) is 0 Å². The number of ether oxygens (including phenoxy) is 1. The summed E-state index contributed by atoms with van der Waals surface area (Å²) in [5.74, 6) is -1.56. The van der Waals surface area contributed by atoms with E-state index in [2.05, 4.69) is 15.9 Å². The van der Waals surface area contributed by atoms with Crippen LogP contribution in [0.5, 0.6) is 5.75 Å². The van der Waals surface area contributed by atoms with E-state index in [0.717, 1.165) is 0 Å². The summed E-state index contributed by atoms with van der Waals surface area (Å²) in [6.45, 7) is -0.417. The summed E-state index contributed by atoms with van der Waals surface area (Å²) in [6.07, 6.45) is -1.69. The van der Waals surface area contributed by atoms with E-state index in [1.165, 1.54) is 12.1 Å². The quantitative estimate of drug-likeness (QED) is 0.718. The maximum Gasteiger partial charge on any atom is 0.204 e. The van der Waals surface area contributed by atoms with Crippen molar-refractivity contribution in [2.75, 3.05) is 6.61 Å². The molecule has 14 heavy (non-hydrogen) atoms. The standard InChI is InChI=1S/C9H5BrF2O2/c10-5-2-1-4-8(13)6(11)3-14-9(4)7(5)12/h1-2,6H,3H2/t6-/m1/s1. The Morgan fingerprint density at radius 1 is 1.50 bits per heavy atom. The number of hydrogen-bond donors (Lipinski definition) is 0. The first-order chi connectivity index (χ1) is 6.61. The molecule has 0 fully saturated rings. The van der Waals surface area contributed by atoms with Crippen molar-refractivity contribution in [1.82, 2.24) is 0 Å². The highest BCUT2D eigenvalue weighted by Gasteiger charge is 2.31. The Morgan fingerprint density at radius 3 is 2.93 bits per heavy atom. The lowest BCUT2D eigenvalue weighted by atomic mass is 10.0. The molecule has 1 atom stereocenters. The molecule has 1 aromatic carbocycles. The third kappa shape index (κ3) is 1.32. The van der Waals surface area contributed by atoms with E-state index >= 15 is 0 Å². The van der Waals surface area contributed by atoms with Gasteiger partial charge in [-0.05, 0) is 28.1 Å². The van der Waals surface area contributed by atoms with Crippen LogP contribution in [0.15, 0.2) is 16.6 Å². The van der Waals surface area contributed by atoms with Gasteiger partial charge in [0.2, 0.25) is 5.78 Å². The van der Waals surface area contributed by atoms with Gasteiger partial charge in [0.25, 0.3) is 0 Å². The molecule has 74 valence electrons. The maximum atomic E-state index is 13.3. The van der Waals surface area contributed by atoms with E-state index < -0.39 is 24.4 Å². The zero-order chi connectivity index (χ0) is 10.3. The van der Waals surface area contributed by atoms with E-state index in [4.69, 9.17) is 4.74 Å². The van der Waals surface area contributed by atoms with Crippen LogP contribution in [0.25, 0.3) is 0 Å². The van der Waals surface area contributed by atoms with E-state index in [9.17, 15) is 13.6 Å². The molecule has 0 aromatic heterocycles. The number of alkyl halides is 1. The molecule has 0 saturated carbocycles. The molecule has 1 heterocycles. The second kappa shape index (κ2) is 3.31. The monoisotopic (exact) mass is 262 g/mol. The van der Waals surface area contributed by atoms with Gasteiger partial charge in [-0.15, -0.1) is 0 Å². The lowest BCUT2D eigenvalue weighted by Gasteiger charge is -2.19. The van der Waals surface area contributed by atoms with Crippen LogP contribution in [0.4, 0.5) is 8.78 Å². The Morgan fingerprint density at radius 2 is 2.21 bits per heavy atom. The summed E-state index contributed by atoms with van der Waals surface area (Å²) >= 11 is 2.95. The smallest absolute Gasteiger partial charge is 0.204 e. The zero-order valence-corrected chi connectivity index (χ0v) is 8.48. The van der Waals surface area contributed by atoms with E-state index in [1.54, 1.807) is 0 Å². The average Bonchev–Trinajstić information content (AvgIpc) is 2.17. The molecular formula is C9H5BrF2O2. The molecule has 0 N–H and O–H groups in total. The fourth-order valence-corrected chi connectivity index (χ4v) is 1.58. The second-order valence-corrected chi connectivity index (χ2v) is 3.74. The van der Waals surface area contributed by atoms with Crippen LogP contribution < -0.4 is 4.74 Å². The highest BCUT2D eigenvalue weighted by molar-refractivity contribution is 9.10. The minimum atomic E-state index is -1.69. The normalized spacial score (nSPS) is 20.2. The molecule has 1 aliphatic rings. The third-order valence-corrected chi connectivity index (χ3v) is 2.59. The Kier molecular flexibility index (Phi) is 2.26. The number of fused-ring (bicyclic) bond motifs is 1. The summed E-state index contributed by atoms with van der Waals surface area (Å²) in [7, 11) is 0. The summed E-state index contributed by atoms with van der Waals surface area (Å²) in [5, 5.41) is 0. The van der Waals surface area contributed by atoms with Gasteiger partial charge in [-0.3, -0.25) is 4.79 Å². The van der Waals surface area contributed by atoms with E-state index in [1.807, 2.05) is 0 Å². The van der Waals surface area contributed by atoms with Gasteiger partial charge in [-0.1, -0.05) is 0 Å². The topological polar surface area (TPSA) is 26.3 Å². The molecule has 0 unspecified atom stereocenters. The summed E-state index contributed by atoms with van der Waals surface area (Å²) in [5.41, 5.74) is -0.0375. The van der Waals surface area contributed by atoms with Crippen LogP contribution in [0.2, 0.25) is 0 Å². The molecule has 1 aliphatic heterocycles. The highest BCUT2D eigenvalue weighted by atomic mass is 79.9. The van der Waals surface area contributed by atoms with Gasteiger partial charge in [-0.2, -0.15) is 0 Å². The van der Waals surface area contributed by atoms with Crippen LogP contribution >= 0.6 is 15.9 Å². The molecule has 0 amide bonds. The molecule has 0 bridgehead atoms. The fraction of sp³-hybridized carbons (Fsp3) is 0.222. The predicted octanol–water partition coefficient (Wildman–Crippen LogP) is 2.50. The van der Waals surface area contributed by atoms with Crippen molar-refractivity contribution in [3.05, 3.63) is 28.0 Å². The number of carbonyl (C=O) groups is 1. The van der Waals surface area contributed by atoms with Crippen molar-refractivity contribution in [2.24, 2.45) is 0 Å². The van der Waals surface area contributed by atoms with Gasteiger partial charge in [0.1, 0.15) is 6.61 Å². The Balaban J connectivity index is 2.59. The molecule has 5 heteroatoms. The van der Waals surface area contributed by atoms with Gasteiger partial charge < -0.3 is 4.74 Å². The van der Waals surface area contributed by atoms with Crippen molar-refractivity contribution >= 4 is 21.7 Å². The van der Waals surface area contributed by atoms with Crippen LogP contribution in [0.1, 0.15) is 10.4 Å². The number of rotatable bonds is 0. The minimum absolute atomic E-state index is 0.0375. The number of Topliss-reactive ketones (excluding diaryl/α,β-unsaturated/α-hetero) is 1. The number of benzene rings is 1. The first-order valence-corrected chi connectivity index (χ1v) is 4.69. The summed E-state index contributed by atoms with van der Waals surface area (Å²) in [4.78, 5) is 11.2. The van der Waals surface area contributed by atoms with Crippen LogP contribution in [-0.4, -0.2) is 18.6 Å². The summed E-state index contributed by atoms with van der Waals surface area (Å²) < 4.78 is 31.2. The van der Waals surface area contributed by atoms with E-state index in [-0.39, 0.29) is 15.8 Å². The van der Waals surface area contributed by atoms with Gasteiger partial charge in [-0.25, -0.2) is 8.78 Å². The molecule has 2 rings (SSSR count). The third-order valence-electron chi connectivity index (χ3n) is 1.97. The van der Waals surface area contributed by atoms with Gasteiger partial charge >= 0.3 is 0 Å². The molecule has 0 saturated heterocycles. The minimum Gasteiger partial charge on any atom is -0.486 e. The SMILES string of the molecule is O=C1c2ccc(Br)c(F)c2OC[C@H]1F. The van der Waals surface area contributed by atoms with Gasteiger partial charge in [0.05, 0.1) is 10.0 Å². The molecule has 0 radical (unpaired) electrons. The molecule has 0 aliphatic carbocycles. The van der Waals surface area contributed by atoms with Crippen LogP contribution in [-0.2, 0) is 0 Å². The maximum absolute atomic E-state index is 13.3. The molecule has 0 spiro atoms. The Labute approximate surface area is 87.0 Å². The first-order valence-electron chi connectivity index (χ1n) is 3.90. The van der Waals surface area contributed by atoms with Crippen LogP contribution in [0, 0.1) is 5.82 Å². The lowest BCUT2D eigenvalue weighted by molar-refractivity contribution is 0.0757. The van der Waals surface area contributed by atoms with Crippen molar-refractivity contribution in [2.45, 2.75) is 6.17 Å². The van der Waals surface area contributed by atoms with Gasteiger partial charge in [0.15, 0.2) is 17.7 Å². The fourth-order valence-electron chi connectivity index (χ4n) is 1.27. The van der Waals surface area contributed by atoms with Crippen molar-refractivity contribution in [3.8, 4) is 5.75 Å². The Bertz CT molecular complexity index is 406. The molecule has 1 aromatic rings. The Hall–Kier alpha value is -0.970. The number of hydrogen-bond acceptors (Lipinski definition) is 2. The lowest BCUT2D eigenvalue weighted by Crippen LogP contribution is -2.29. The van der Waals surface area contributed by atoms with Crippen LogP contribution in [0.3, 0.4) is 0 Å².